The molecule has 0 bridgehead atoms. The summed E-state index contributed by atoms with van der Waals surface area (Å²) in [5, 5.41) is 4.23. The standard InChI is InChI=1S/C18H12FN3O2S/c19-11-5-7-12(8-6-11)22-15(23)9-25-18-17-16(20-10-21-18)13-3-1-2-4-14(13)24-17/h1-8,10H,9H2,(H,22,23). The Hall–Kier alpha value is -2.93. The Labute approximate surface area is 146 Å². The van der Waals surface area contributed by atoms with Crippen molar-refractivity contribution in [1.29, 1.82) is 0 Å². The SMILES string of the molecule is O=C(CSc1ncnc2c1oc1ccccc12)Nc1ccc(F)cc1. The van der Waals surface area contributed by atoms with E-state index in [1.165, 1.54) is 42.4 Å². The molecule has 0 saturated heterocycles. The Bertz CT molecular complexity index is 1060. The minimum atomic E-state index is -0.347. The fourth-order valence-electron chi connectivity index (χ4n) is 2.47. The molecule has 124 valence electrons. The zero-order valence-electron chi connectivity index (χ0n) is 12.9. The van der Waals surface area contributed by atoms with Gasteiger partial charge in [-0.25, -0.2) is 14.4 Å². The average molecular weight is 353 g/mol. The molecule has 0 unspecified atom stereocenters. The predicted molar refractivity (Wildman–Crippen MR) is 95.1 cm³/mol. The molecule has 0 aliphatic rings. The van der Waals surface area contributed by atoms with Gasteiger partial charge in [0.1, 0.15) is 28.3 Å². The number of anilines is 1. The number of hydrogen-bond donors (Lipinski definition) is 1. The fourth-order valence-corrected chi connectivity index (χ4v) is 3.20. The van der Waals surface area contributed by atoms with Gasteiger partial charge in [0.25, 0.3) is 0 Å². The van der Waals surface area contributed by atoms with Gasteiger partial charge in [0.15, 0.2) is 5.58 Å². The van der Waals surface area contributed by atoms with E-state index < -0.39 is 0 Å². The van der Waals surface area contributed by atoms with Crippen molar-refractivity contribution >= 4 is 45.4 Å². The van der Waals surface area contributed by atoms with Crippen molar-refractivity contribution < 1.29 is 13.6 Å². The lowest BCUT2D eigenvalue weighted by molar-refractivity contribution is -0.113. The third-order valence-corrected chi connectivity index (χ3v) is 4.56. The van der Waals surface area contributed by atoms with Crippen LogP contribution in [0.25, 0.3) is 22.1 Å². The Morgan fingerprint density at radius 1 is 1.12 bits per heavy atom. The number of rotatable bonds is 4. The highest BCUT2D eigenvalue weighted by atomic mass is 32.2. The van der Waals surface area contributed by atoms with Crippen molar-refractivity contribution in [2.24, 2.45) is 0 Å². The molecular weight excluding hydrogens is 341 g/mol. The molecule has 2 aromatic carbocycles. The van der Waals surface area contributed by atoms with Crippen LogP contribution in [0.4, 0.5) is 10.1 Å². The molecule has 25 heavy (non-hydrogen) atoms. The molecule has 0 aliphatic carbocycles. The minimum Gasteiger partial charge on any atom is -0.451 e. The number of halogens is 1. The van der Waals surface area contributed by atoms with Crippen LogP contribution in [0.1, 0.15) is 0 Å². The molecule has 0 saturated carbocycles. The van der Waals surface area contributed by atoms with Crippen molar-refractivity contribution in [2.75, 3.05) is 11.1 Å². The second-order valence-electron chi connectivity index (χ2n) is 5.30. The van der Waals surface area contributed by atoms with Crippen LogP contribution in [0.2, 0.25) is 0 Å². The zero-order chi connectivity index (χ0) is 17.2. The third-order valence-electron chi connectivity index (χ3n) is 3.59. The summed E-state index contributed by atoms with van der Waals surface area (Å²) in [5.74, 6) is -0.402. The molecule has 5 nitrogen and oxygen atoms in total. The first kappa shape index (κ1) is 15.6. The van der Waals surface area contributed by atoms with Crippen LogP contribution in [-0.4, -0.2) is 21.6 Å². The molecular formula is C18H12FN3O2S. The first-order valence-electron chi connectivity index (χ1n) is 7.51. The van der Waals surface area contributed by atoms with E-state index in [0.717, 1.165) is 16.5 Å². The van der Waals surface area contributed by atoms with Gasteiger partial charge < -0.3 is 9.73 Å². The van der Waals surface area contributed by atoms with Gasteiger partial charge in [0.05, 0.1) is 5.75 Å². The first-order chi connectivity index (χ1) is 12.2. The van der Waals surface area contributed by atoms with E-state index in [1.54, 1.807) is 0 Å². The van der Waals surface area contributed by atoms with Gasteiger partial charge in [-0.05, 0) is 36.4 Å². The summed E-state index contributed by atoms with van der Waals surface area (Å²) in [6.45, 7) is 0. The smallest absolute Gasteiger partial charge is 0.234 e. The number of para-hydroxylation sites is 1. The quantitative estimate of drug-likeness (QED) is 0.439. The molecule has 0 aliphatic heterocycles. The number of thioether (sulfide) groups is 1. The van der Waals surface area contributed by atoms with E-state index in [1.807, 2.05) is 24.3 Å². The van der Waals surface area contributed by atoms with E-state index in [9.17, 15) is 9.18 Å². The van der Waals surface area contributed by atoms with Crippen molar-refractivity contribution in [2.45, 2.75) is 5.03 Å². The van der Waals surface area contributed by atoms with Crippen LogP contribution in [0.5, 0.6) is 0 Å². The largest absolute Gasteiger partial charge is 0.451 e. The number of aromatic nitrogens is 2. The first-order valence-corrected chi connectivity index (χ1v) is 8.50. The lowest BCUT2D eigenvalue weighted by atomic mass is 10.2. The number of furan rings is 1. The van der Waals surface area contributed by atoms with Gasteiger partial charge in [-0.2, -0.15) is 0 Å². The summed E-state index contributed by atoms with van der Waals surface area (Å²) in [6, 6.07) is 13.2. The Balaban J connectivity index is 1.52. The van der Waals surface area contributed by atoms with Gasteiger partial charge in [-0.3, -0.25) is 4.79 Å². The molecule has 0 atom stereocenters. The van der Waals surface area contributed by atoms with Crippen molar-refractivity contribution in [3.05, 3.63) is 60.7 Å². The van der Waals surface area contributed by atoms with Gasteiger partial charge in [0.2, 0.25) is 5.91 Å². The van der Waals surface area contributed by atoms with E-state index in [4.69, 9.17) is 4.42 Å². The minimum absolute atomic E-state index is 0.153. The van der Waals surface area contributed by atoms with Gasteiger partial charge in [0, 0.05) is 11.1 Å². The van der Waals surface area contributed by atoms with Crippen LogP contribution in [0.15, 0.2) is 64.3 Å². The second-order valence-corrected chi connectivity index (χ2v) is 6.26. The number of nitrogens with one attached hydrogen (secondary N) is 1. The van der Waals surface area contributed by atoms with Gasteiger partial charge in [-0.15, -0.1) is 0 Å². The summed E-state index contributed by atoms with van der Waals surface area (Å²) in [4.78, 5) is 20.6. The van der Waals surface area contributed by atoms with Crippen molar-refractivity contribution in [3.63, 3.8) is 0 Å². The number of benzene rings is 2. The number of carbonyl (C=O) groups excluding carboxylic acids is 1. The lowest BCUT2D eigenvalue weighted by Gasteiger charge is -2.04. The van der Waals surface area contributed by atoms with Crippen molar-refractivity contribution in [1.82, 2.24) is 9.97 Å². The number of hydrogen-bond acceptors (Lipinski definition) is 5. The second kappa shape index (κ2) is 6.52. The summed E-state index contributed by atoms with van der Waals surface area (Å²) < 4.78 is 18.7. The number of fused-ring (bicyclic) bond motifs is 3. The maximum absolute atomic E-state index is 12.9. The highest BCUT2D eigenvalue weighted by molar-refractivity contribution is 8.00. The van der Waals surface area contributed by atoms with Gasteiger partial charge in [-0.1, -0.05) is 23.9 Å². The Morgan fingerprint density at radius 2 is 1.92 bits per heavy atom. The molecule has 2 aromatic heterocycles. The topological polar surface area (TPSA) is 68.0 Å². The fraction of sp³-hybridized carbons (Fsp3) is 0.0556. The molecule has 0 fully saturated rings. The van der Waals surface area contributed by atoms with Crippen LogP contribution in [-0.2, 0) is 4.79 Å². The highest BCUT2D eigenvalue weighted by Crippen LogP contribution is 2.32. The predicted octanol–water partition coefficient (Wildman–Crippen LogP) is 4.25. The summed E-state index contributed by atoms with van der Waals surface area (Å²) in [6.07, 6.45) is 1.46. The Kier molecular flexibility index (Phi) is 4.07. The van der Waals surface area contributed by atoms with Gasteiger partial charge >= 0.3 is 0 Å². The molecule has 7 heteroatoms. The van der Waals surface area contributed by atoms with Crippen LogP contribution >= 0.6 is 11.8 Å². The Morgan fingerprint density at radius 3 is 2.76 bits per heavy atom. The lowest BCUT2D eigenvalue weighted by Crippen LogP contribution is -2.14. The van der Waals surface area contributed by atoms with E-state index >= 15 is 0 Å². The maximum Gasteiger partial charge on any atom is 0.234 e. The molecule has 0 radical (unpaired) electrons. The summed E-state index contributed by atoms with van der Waals surface area (Å²) in [7, 11) is 0. The molecule has 1 amide bonds. The maximum atomic E-state index is 12.9. The average Bonchev–Trinajstić information content (AvgIpc) is 3.01. The molecule has 4 aromatic rings. The van der Waals surface area contributed by atoms with Crippen LogP contribution < -0.4 is 5.32 Å². The molecule has 1 N–H and O–H groups in total. The number of nitrogens with zero attached hydrogens (tertiary/aromatic N) is 2. The van der Waals surface area contributed by atoms with Crippen molar-refractivity contribution in [3.8, 4) is 0 Å². The third kappa shape index (κ3) is 3.18. The van der Waals surface area contributed by atoms with E-state index in [-0.39, 0.29) is 17.5 Å². The van der Waals surface area contributed by atoms with E-state index in [2.05, 4.69) is 15.3 Å². The molecule has 4 rings (SSSR count). The molecule has 0 spiro atoms. The van der Waals surface area contributed by atoms with Crippen LogP contribution in [0, 0.1) is 5.82 Å². The highest BCUT2D eigenvalue weighted by Gasteiger charge is 2.14. The molecule has 2 heterocycles. The van der Waals surface area contributed by atoms with Crippen LogP contribution in [0.3, 0.4) is 0 Å². The zero-order valence-corrected chi connectivity index (χ0v) is 13.7. The normalized spacial score (nSPS) is 11.1. The monoisotopic (exact) mass is 353 g/mol. The number of carbonyl (C=O) groups is 1. The number of amides is 1. The summed E-state index contributed by atoms with van der Waals surface area (Å²) in [5.41, 5.74) is 2.58. The summed E-state index contributed by atoms with van der Waals surface area (Å²) >= 11 is 1.26. The van der Waals surface area contributed by atoms with E-state index in [0.29, 0.717) is 16.3 Å².